The summed E-state index contributed by atoms with van der Waals surface area (Å²) in [7, 11) is 0. The summed E-state index contributed by atoms with van der Waals surface area (Å²) in [5.74, 6) is 0.427. The second kappa shape index (κ2) is 12.1. The molecule has 1 aromatic carbocycles. The molecule has 5 heteroatoms. The van der Waals surface area contributed by atoms with Crippen LogP contribution in [0.15, 0.2) is 30.3 Å². The van der Waals surface area contributed by atoms with Crippen LogP contribution < -0.4 is 11.5 Å². The van der Waals surface area contributed by atoms with Crippen molar-refractivity contribution < 1.29 is 0 Å². The van der Waals surface area contributed by atoms with Crippen molar-refractivity contribution in [2.45, 2.75) is 12.3 Å². The van der Waals surface area contributed by atoms with Gasteiger partial charge in [0, 0.05) is 0 Å². The van der Waals surface area contributed by atoms with Crippen molar-refractivity contribution in [3.63, 3.8) is 0 Å². The van der Waals surface area contributed by atoms with Crippen LogP contribution in [0.5, 0.6) is 0 Å². The number of hydrogen-bond acceptors (Lipinski definition) is 2. The Hall–Kier alpha value is 0.01000. The summed E-state index contributed by atoms with van der Waals surface area (Å²) in [6, 6.07) is 10.3. The Morgan fingerprint density at radius 3 is 1.87 bits per heavy atom. The highest BCUT2D eigenvalue weighted by atomic mass is 35.5. The summed E-state index contributed by atoms with van der Waals surface area (Å²) < 4.78 is 0. The van der Waals surface area contributed by atoms with E-state index in [4.69, 9.17) is 11.5 Å². The Labute approximate surface area is 110 Å². The van der Waals surface area contributed by atoms with Gasteiger partial charge in [-0.3, -0.25) is 0 Å². The minimum absolute atomic E-state index is 0. The molecule has 1 atom stereocenters. The molecule has 0 aliphatic heterocycles. The molecule has 0 amide bonds. The molecule has 0 aliphatic rings. The molecule has 0 aromatic heterocycles. The van der Waals surface area contributed by atoms with Crippen LogP contribution in [0.2, 0.25) is 0 Å². The fraction of sp³-hybridized carbons (Fsp3) is 0.400. The van der Waals surface area contributed by atoms with Crippen LogP contribution in [0, 0.1) is 0 Å². The summed E-state index contributed by atoms with van der Waals surface area (Å²) >= 11 is 0. The zero-order valence-corrected chi connectivity index (χ0v) is 10.9. The molecule has 0 heterocycles. The van der Waals surface area contributed by atoms with E-state index in [1.807, 2.05) is 18.2 Å². The normalized spacial score (nSPS) is 10.3. The first-order chi connectivity index (χ1) is 5.88. The molecule has 1 aromatic rings. The van der Waals surface area contributed by atoms with E-state index in [1.165, 1.54) is 5.56 Å². The lowest BCUT2D eigenvalue weighted by Gasteiger charge is -2.13. The molecule has 1 unspecified atom stereocenters. The van der Waals surface area contributed by atoms with Gasteiger partial charge in [-0.1, -0.05) is 30.3 Å². The van der Waals surface area contributed by atoms with Crippen molar-refractivity contribution in [1.29, 1.82) is 0 Å². The molecular formula is C10H19Cl3N2. The standard InChI is InChI=1S/C10H16N2.3ClH/c11-7-6-10(8-12)9-4-2-1-3-5-9;;;/h1-5,10H,6-8,11-12H2;3*1H. The second-order valence-electron chi connectivity index (χ2n) is 2.92. The van der Waals surface area contributed by atoms with Crippen molar-refractivity contribution in [3.8, 4) is 0 Å². The van der Waals surface area contributed by atoms with E-state index < -0.39 is 0 Å². The van der Waals surface area contributed by atoms with Crippen molar-refractivity contribution in [3.05, 3.63) is 35.9 Å². The Kier molecular flexibility index (Phi) is 16.5. The highest BCUT2D eigenvalue weighted by Crippen LogP contribution is 2.16. The van der Waals surface area contributed by atoms with Crippen LogP contribution in [-0.4, -0.2) is 13.1 Å². The summed E-state index contributed by atoms with van der Waals surface area (Å²) in [6.45, 7) is 1.39. The maximum absolute atomic E-state index is 5.64. The van der Waals surface area contributed by atoms with Gasteiger partial charge < -0.3 is 11.5 Å². The first-order valence-corrected chi connectivity index (χ1v) is 4.33. The van der Waals surface area contributed by atoms with Crippen molar-refractivity contribution in [2.75, 3.05) is 13.1 Å². The quantitative estimate of drug-likeness (QED) is 0.885. The van der Waals surface area contributed by atoms with Gasteiger partial charge in [0.2, 0.25) is 0 Å². The lowest BCUT2D eigenvalue weighted by atomic mass is 9.96. The molecule has 15 heavy (non-hydrogen) atoms. The van der Waals surface area contributed by atoms with Crippen LogP contribution >= 0.6 is 37.2 Å². The minimum Gasteiger partial charge on any atom is -0.330 e. The monoisotopic (exact) mass is 272 g/mol. The Morgan fingerprint density at radius 1 is 0.933 bits per heavy atom. The average Bonchev–Trinajstić information content (AvgIpc) is 2.15. The zero-order valence-electron chi connectivity index (χ0n) is 8.46. The molecule has 90 valence electrons. The van der Waals surface area contributed by atoms with Gasteiger partial charge in [-0.05, 0) is 31.0 Å². The van der Waals surface area contributed by atoms with Crippen molar-refractivity contribution in [1.82, 2.24) is 0 Å². The van der Waals surface area contributed by atoms with Crippen LogP contribution in [0.3, 0.4) is 0 Å². The van der Waals surface area contributed by atoms with Gasteiger partial charge in [-0.2, -0.15) is 0 Å². The Bertz CT molecular complexity index is 219. The van der Waals surface area contributed by atoms with Crippen molar-refractivity contribution >= 4 is 37.2 Å². The summed E-state index contributed by atoms with van der Waals surface area (Å²) in [6.07, 6.45) is 0.973. The summed E-state index contributed by atoms with van der Waals surface area (Å²) in [5.41, 5.74) is 12.4. The van der Waals surface area contributed by atoms with Gasteiger partial charge in [0.25, 0.3) is 0 Å². The zero-order chi connectivity index (χ0) is 8.81. The van der Waals surface area contributed by atoms with Crippen molar-refractivity contribution in [2.24, 2.45) is 11.5 Å². The van der Waals surface area contributed by atoms with Gasteiger partial charge in [0.05, 0.1) is 0 Å². The molecule has 2 nitrogen and oxygen atoms in total. The molecular weight excluding hydrogens is 254 g/mol. The number of benzene rings is 1. The average molecular weight is 274 g/mol. The van der Waals surface area contributed by atoms with Gasteiger partial charge in [0.15, 0.2) is 0 Å². The lowest BCUT2D eigenvalue weighted by molar-refractivity contribution is 0.643. The second-order valence-corrected chi connectivity index (χ2v) is 2.92. The third kappa shape index (κ3) is 6.98. The van der Waals surface area contributed by atoms with E-state index in [0.29, 0.717) is 19.0 Å². The molecule has 0 saturated carbocycles. The topological polar surface area (TPSA) is 52.0 Å². The number of hydrogen-bond donors (Lipinski definition) is 2. The molecule has 1 rings (SSSR count). The Morgan fingerprint density at radius 2 is 1.47 bits per heavy atom. The SMILES string of the molecule is Cl.Cl.Cl.NCCC(CN)c1ccccc1. The van der Waals surface area contributed by atoms with E-state index >= 15 is 0 Å². The smallest absolute Gasteiger partial charge is 0.000776 e. The molecule has 0 radical (unpaired) electrons. The first kappa shape index (κ1) is 20.4. The fourth-order valence-corrected chi connectivity index (χ4v) is 1.35. The molecule has 0 bridgehead atoms. The lowest BCUT2D eigenvalue weighted by Crippen LogP contribution is -2.16. The van der Waals surface area contributed by atoms with Gasteiger partial charge in [-0.15, -0.1) is 37.2 Å². The highest BCUT2D eigenvalue weighted by molar-refractivity contribution is 5.86. The fourth-order valence-electron chi connectivity index (χ4n) is 1.35. The van der Waals surface area contributed by atoms with E-state index in [-0.39, 0.29) is 37.2 Å². The highest BCUT2D eigenvalue weighted by Gasteiger charge is 2.06. The maximum Gasteiger partial charge on any atom is -0.000776 e. The molecule has 0 fully saturated rings. The molecule has 0 aliphatic carbocycles. The van der Waals surface area contributed by atoms with E-state index in [9.17, 15) is 0 Å². The largest absolute Gasteiger partial charge is 0.330 e. The predicted molar refractivity (Wildman–Crippen MR) is 73.7 cm³/mol. The van der Waals surface area contributed by atoms with E-state index in [0.717, 1.165) is 6.42 Å². The van der Waals surface area contributed by atoms with Gasteiger partial charge in [0.1, 0.15) is 0 Å². The third-order valence-corrected chi connectivity index (χ3v) is 2.07. The van der Waals surface area contributed by atoms with Crippen LogP contribution in [0.1, 0.15) is 17.9 Å². The molecule has 0 saturated heterocycles. The number of nitrogens with two attached hydrogens (primary N) is 2. The summed E-state index contributed by atoms with van der Waals surface area (Å²) in [5, 5.41) is 0. The van der Waals surface area contributed by atoms with Gasteiger partial charge in [-0.25, -0.2) is 0 Å². The maximum atomic E-state index is 5.64. The summed E-state index contributed by atoms with van der Waals surface area (Å²) in [4.78, 5) is 0. The third-order valence-electron chi connectivity index (χ3n) is 2.07. The van der Waals surface area contributed by atoms with Crippen LogP contribution in [-0.2, 0) is 0 Å². The predicted octanol–water partition coefficient (Wildman–Crippen LogP) is 2.34. The van der Waals surface area contributed by atoms with E-state index in [1.54, 1.807) is 0 Å². The van der Waals surface area contributed by atoms with E-state index in [2.05, 4.69) is 12.1 Å². The first-order valence-electron chi connectivity index (χ1n) is 4.33. The molecule has 4 N–H and O–H groups in total. The molecule has 0 spiro atoms. The van der Waals surface area contributed by atoms with Gasteiger partial charge >= 0.3 is 0 Å². The Balaban J connectivity index is -0.000000480. The minimum atomic E-state index is 0. The van der Waals surface area contributed by atoms with Crippen LogP contribution in [0.25, 0.3) is 0 Å². The number of halogens is 3. The van der Waals surface area contributed by atoms with Crippen LogP contribution in [0.4, 0.5) is 0 Å². The number of rotatable bonds is 4.